The average Bonchev–Trinajstić information content (AvgIpc) is 3.06. The minimum atomic E-state index is -0.627. The lowest BCUT2D eigenvalue weighted by Crippen LogP contribution is -2.19. The summed E-state index contributed by atoms with van der Waals surface area (Å²) in [5.41, 5.74) is 2.48. The number of nitrogens with one attached hydrogen (secondary N) is 2. The highest BCUT2D eigenvalue weighted by Crippen LogP contribution is 2.22. The van der Waals surface area contributed by atoms with Gasteiger partial charge in [-0.3, -0.25) is 0 Å². The molecule has 132 valence electrons. The highest BCUT2D eigenvalue weighted by Gasteiger charge is 2.23. The second-order valence-corrected chi connectivity index (χ2v) is 6.36. The fraction of sp³-hybridized carbons (Fsp3) is 0.706. The van der Waals surface area contributed by atoms with Crippen LogP contribution in [0.1, 0.15) is 43.4 Å². The van der Waals surface area contributed by atoms with Crippen molar-refractivity contribution < 1.29 is 4.39 Å². The molecule has 0 aromatic carbocycles. The second-order valence-electron chi connectivity index (χ2n) is 6.36. The molecule has 1 aromatic rings. The lowest BCUT2D eigenvalue weighted by molar-refractivity contribution is 0.221. The Balaban J connectivity index is 0.00000132. The summed E-state index contributed by atoms with van der Waals surface area (Å²) < 4.78 is 14.0. The van der Waals surface area contributed by atoms with Gasteiger partial charge in [0.2, 0.25) is 0 Å². The molecule has 2 N–H and O–H groups in total. The van der Waals surface area contributed by atoms with Gasteiger partial charge in [0, 0.05) is 24.7 Å². The van der Waals surface area contributed by atoms with E-state index in [-0.39, 0.29) is 30.7 Å². The lowest BCUT2D eigenvalue weighted by Gasteiger charge is -2.17. The van der Waals surface area contributed by atoms with Crippen LogP contribution in [-0.4, -0.2) is 30.8 Å². The number of halogens is 3. The van der Waals surface area contributed by atoms with Crippen molar-refractivity contribution in [3.05, 3.63) is 23.4 Å². The second kappa shape index (κ2) is 10.3. The van der Waals surface area contributed by atoms with Gasteiger partial charge < -0.3 is 10.6 Å². The molecule has 0 saturated carbocycles. The Bertz CT molecular complexity index is 467. The molecule has 0 aliphatic carbocycles. The number of hydrogen-bond acceptors (Lipinski definition) is 3. The summed E-state index contributed by atoms with van der Waals surface area (Å²) >= 11 is 0. The van der Waals surface area contributed by atoms with E-state index in [9.17, 15) is 4.39 Å². The van der Waals surface area contributed by atoms with Crippen LogP contribution in [0.4, 0.5) is 10.2 Å². The maximum atomic E-state index is 14.0. The lowest BCUT2D eigenvalue weighted by atomic mass is 9.97. The minimum Gasteiger partial charge on any atom is -0.370 e. The molecule has 0 spiro atoms. The van der Waals surface area contributed by atoms with Crippen LogP contribution in [0.25, 0.3) is 0 Å². The first-order valence-electron chi connectivity index (χ1n) is 8.40. The summed E-state index contributed by atoms with van der Waals surface area (Å²) in [6.07, 6.45) is 6.37. The topological polar surface area (TPSA) is 37.0 Å². The van der Waals surface area contributed by atoms with Crippen LogP contribution in [0.15, 0.2) is 12.1 Å². The van der Waals surface area contributed by atoms with Crippen LogP contribution in [-0.2, 0) is 12.8 Å². The first-order valence-corrected chi connectivity index (χ1v) is 8.40. The highest BCUT2D eigenvalue weighted by molar-refractivity contribution is 5.85. The van der Waals surface area contributed by atoms with Crippen molar-refractivity contribution in [3.8, 4) is 0 Å². The third kappa shape index (κ3) is 5.77. The summed E-state index contributed by atoms with van der Waals surface area (Å²) in [6, 6.07) is 4.34. The van der Waals surface area contributed by atoms with Gasteiger partial charge in [-0.05, 0) is 56.7 Å². The molecule has 6 heteroatoms. The zero-order valence-electron chi connectivity index (χ0n) is 13.5. The van der Waals surface area contributed by atoms with Gasteiger partial charge in [-0.1, -0.05) is 12.5 Å². The molecule has 3 heterocycles. The van der Waals surface area contributed by atoms with E-state index >= 15 is 0 Å². The van der Waals surface area contributed by atoms with Gasteiger partial charge in [-0.2, -0.15) is 0 Å². The SMILES string of the molecule is Cl.Cl.FC(CCCCc1ccc2c(n1)NCCC2)C1CCNC1. The number of hydrogen-bond donors (Lipinski definition) is 2. The smallest absolute Gasteiger partial charge is 0.129 e. The van der Waals surface area contributed by atoms with E-state index < -0.39 is 6.17 Å². The number of pyridine rings is 1. The Kier molecular flexibility index (Phi) is 9.18. The third-order valence-electron chi connectivity index (χ3n) is 4.72. The Morgan fingerprint density at radius 3 is 2.87 bits per heavy atom. The molecule has 2 aliphatic rings. The van der Waals surface area contributed by atoms with Crippen molar-refractivity contribution in [2.24, 2.45) is 5.92 Å². The summed E-state index contributed by atoms with van der Waals surface area (Å²) in [7, 11) is 0. The number of anilines is 1. The predicted octanol–water partition coefficient (Wildman–Crippen LogP) is 3.94. The molecule has 1 fully saturated rings. The van der Waals surface area contributed by atoms with Gasteiger partial charge in [0.15, 0.2) is 0 Å². The fourth-order valence-electron chi connectivity index (χ4n) is 3.37. The van der Waals surface area contributed by atoms with Gasteiger partial charge in [-0.25, -0.2) is 9.37 Å². The van der Waals surface area contributed by atoms with Gasteiger partial charge in [0.05, 0.1) is 0 Å². The van der Waals surface area contributed by atoms with Crippen LogP contribution in [0.5, 0.6) is 0 Å². The van der Waals surface area contributed by atoms with Crippen molar-refractivity contribution in [1.29, 1.82) is 0 Å². The normalized spacial score (nSPS) is 20.7. The number of fused-ring (bicyclic) bond motifs is 1. The Morgan fingerprint density at radius 1 is 1.22 bits per heavy atom. The summed E-state index contributed by atoms with van der Waals surface area (Å²) in [6.45, 7) is 2.87. The predicted molar refractivity (Wildman–Crippen MR) is 99.0 cm³/mol. The minimum absolute atomic E-state index is 0. The molecule has 2 aliphatic heterocycles. The zero-order valence-corrected chi connectivity index (χ0v) is 15.2. The number of unbranched alkanes of at least 4 members (excludes halogenated alkanes) is 1. The van der Waals surface area contributed by atoms with Gasteiger partial charge in [0.1, 0.15) is 12.0 Å². The Hall–Kier alpha value is -0.580. The van der Waals surface area contributed by atoms with Crippen molar-refractivity contribution >= 4 is 30.6 Å². The molecule has 3 nitrogen and oxygen atoms in total. The largest absolute Gasteiger partial charge is 0.370 e. The molecule has 3 rings (SSSR count). The monoisotopic (exact) mass is 363 g/mol. The van der Waals surface area contributed by atoms with Crippen molar-refractivity contribution in [3.63, 3.8) is 0 Å². The number of rotatable bonds is 6. The molecule has 0 radical (unpaired) electrons. The van der Waals surface area contributed by atoms with Crippen LogP contribution in [0.2, 0.25) is 0 Å². The Labute approximate surface area is 151 Å². The van der Waals surface area contributed by atoms with Crippen LogP contribution < -0.4 is 10.6 Å². The number of nitrogens with zero attached hydrogens (tertiary/aromatic N) is 1. The summed E-state index contributed by atoms with van der Waals surface area (Å²) in [4.78, 5) is 4.69. The van der Waals surface area contributed by atoms with Gasteiger partial charge >= 0.3 is 0 Å². The van der Waals surface area contributed by atoms with E-state index in [0.717, 1.165) is 63.3 Å². The van der Waals surface area contributed by atoms with Crippen LogP contribution >= 0.6 is 24.8 Å². The molecule has 1 saturated heterocycles. The van der Waals surface area contributed by atoms with Crippen molar-refractivity contribution in [1.82, 2.24) is 10.3 Å². The van der Waals surface area contributed by atoms with Crippen LogP contribution in [0.3, 0.4) is 0 Å². The van der Waals surface area contributed by atoms with E-state index in [1.54, 1.807) is 0 Å². The molecule has 1 aromatic heterocycles. The summed E-state index contributed by atoms with van der Waals surface area (Å²) in [5.74, 6) is 1.32. The zero-order chi connectivity index (χ0) is 14.5. The van der Waals surface area contributed by atoms with Crippen molar-refractivity contribution in [2.45, 2.75) is 51.1 Å². The average molecular weight is 364 g/mol. The van der Waals surface area contributed by atoms with E-state index in [0.29, 0.717) is 6.42 Å². The Morgan fingerprint density at radius 2 is 2.09 bits per heavy atom. The third-order valence-corrected chi connectivity index (χ3v) is 4.72. The van der Waals surface area contributed by atoms with E-state index in [1.165, 1.54) is 12.0 Å². The number of aromatic nitrogens is 1. The standard InChI is InChI=1S/C17H26FN3.2ClH/c18-16(14-9-11-19-12-14)6-2-1-5-15-8-7-13-4-3-10-20-17(13)21-15;;/h7-8,14,16,19H,1-6,9-12H2,(H,20,21);2*1H. The highest BCUT2D eigenvalue weighted by atomic mass is 35.5. The van der Waals surface area contributed by atoms with Gasteiger partial charge in [-0.15, -0.1) is 24.8 Å². The molecule has 2 unspecified atom stereocenters. The molecule has 0 amide bonds. The molecule has 2 atom stereocenters. The van der Waals surface area contributed by atoms with Gasteiger partial charge in [0.25, 0.3) is 0 Å². The maximum Gasteiger partial charge on any atom is 0.129 e. The maximum absolute atomic E-state index is 14.0. The quantitative estimate of drug-likeness (QED) is 0.751. The van der Waals surface area contributed by atoms with Crippen LogP contribution in [0, 0.1) is 5.92 Å². The number of aryl methyl sites for hydroxylation is 2. The van der Waals surface area contributed by atoms with E-state index in [1.807, 2.05) is 0 Å². The first kappa shape index (κ1) is 20.5. The molecular formula is C17H28Cl2FN3. The molecular weight excluding hydrogens is 336 g/mol. The molecule has 0 bridgehead atoms. The van der Waals surface area contributed by atoms with E-state index in [4.69, 9.17) is 4.98 Å². The fourth-order valence-corrected chi connectivity index (χ4v) is 3.37. The van der Waals surface area contributed by atoms with Crippen molar-refractivity contribution in [2.75, 3.05) is 25.0 Å². The summed E-state index contributed by atoms with van der Waals surface area (Å²) in [5, 5.41) is 6.61. The van der Waals surface area contributed by atoms with E-state index in [2.05, 4.69) is 22.8 Å². The first-order chi connectivity index (χ1) is 10.3. The number of alkyl halides is 1. The molecule has 23 heavy (non-hydrogen) atoms.